The fourth-order valence-electron chi connectivity index (χ4n) is 2.47. The van der Waals surface area contributed by atoms with E-state index >= 15 is 0 Å². The molecule has 0 saturated carbocycles. The normalized spacial score (nSPS) is 11.4. The molecule has 0 fully saturated rings. The first-order chi connectivity index (χ1) is 10.0. The molecular weight excluding hydrogens is 280 g/mol. The van der Waals surface area contributed by atoms with Crippen LogP contribution in [0.1, 0.15) is 53.0 Å². The Morgan fingerprint density at radius 2 is 1.81 bits per heavy atom. The Bertz CT molecular complexity index is 414. The molecule has 0 unspecified atom stereocenters. The molecule has 21 heavy (non-hydrogen) atoms. The van der Waals surface area contributed by atoms with Gasteiger partial charge in [0.05, 0.1) is 0 Å². The van der Waals surface area contributed by atoms with Gasteiger partial charge in [-0.3, -0.25) is 0 Å². The maximum Gasteiger partial charge on any atom is 0.0471 e. The van der Waals surface area contributed by atoms with Gasteiger partial charge < -0.3 is 10.2 Å². The zero-order valence-corrected chi connectivity index (χ0v) is 15.0. The number of nitrogens with one attached hydrogen (secondary N) is 1. The van der Waals surface area contributed by atoms with Crippen LogP contribution >= 0.6 is 11.6 Å². The molecule has 0 bridgehead atoms. The summed E-state index contributed by atoms with van der Waals surface area (Å²) >= 11 is 6.45. The second-order valence-electron chi connectivity index (χ2n) is 6.03. The Labute approximate surface area is 135 Å². The van der Waals surface area contributed by atoms with Gasteiger partial charge in [0.2, 0.25) is 0 Å². The van der Waals surface area contributed by atoms with Gasteiger partial charge in [0, 0.05) is 36.4 Å². The second kappa shape index (κ2) is 9.32. The fraction of sp³-hybridized carbons (Fsp3) is 0.667. The van der Waals surface area contributed by atoms with E-state index in [2.05, 4.69) is 63.0 Å². The standard InChI is InChI=1S/C18H31ClN2/c1-6-15(7-2)13-21(8-3)17-10-9-16(18(19)11-17)12-20-14(4)5/h9-11,14-15,20H,6-8,12-13H2,1-5H3. The van der Waals surface area contributed by atoms with Gasteiger partial charge in [-0.25, -0.2) is 0 Å². The lowest BCUT2D eigenvalue weighted by Gasteiger charge is -2.28. The average Bonchev–Trinajstić information content (AvgIpc) is 2.47. The van der Waals surface area contributed by atoms with E-state index in [1.165, 1.54) is 24.1 Å². The molecule has 0 atom stereocenters. The number of rotatable bonds is 9. The first-order valence-electron chi connectivity index (χ1n) is 8.28. The summed E-state index contributed by atoms with van der Waals surface area (Å²) in [5.41, 5.74) is 2.41. The van der Waals surface area contributed by atoms with Crippen molar-refractivity contribution in [3.05, 3.63) is 28.8 Å². The van der Waals surface area contributed by atoms with E-state index in [1.807, 2.05) is 0 Å². The molecule has 0 radical (unpaired) electrons. The molecule has 3 heteroatoms. The highest BCUT2D eigenvalue weighted by Crippen LogP contribution is 2.25. The van der Waals surface area contributed by atoms with E-state index in [-0.39, 0.29) is 0 Å². The van der Waals surface area contributed by atoms with Crippen LogP contribution in [0, 0.1) is 5.92 Å². The van der Waals surface area contributed by atoms with Crippen LogP contribution in [0.2, 0.25) is 5.02 Å². The molecule has 1 aromatic carbocycles. The predicted octanol–water partition coefficient (Wildman–Crippen LogP) is 5.10. The SMILES string of the molecule is CCC(CC)CN(CC)c1ccc(CNC(C)C)c(Cl)c1. The van der Waals surface area contributed by atoms with Crippen LogP contribution in [-0.4, -0.2) is 19.1 Å². The summed E-state index contributed by atoms with van der Waals surface area (Å²) in [6, 6.07) is 6.95. The number of benzene rings is 1. The van der Waals surface area contributed by atoms with Crippen molar-refractivity contribution in [1.29, 1.82) is 0 Å². The maximum absolute atomic E-state index is 6.45. The monoisotopic (exact) mass is 310 g/mol. The van der Waals surface area contributed by atoms with E-state index in [0.717, 1.165) is 30.6 Å². The highest BCUT2D eigenvalue weighted by atomic mass is 35.5. The summed E-state index contributed by atoms with van der Waals surface area (Å²) in [5, 5.41) is 4.28. The Hall–Kier alpha value is -0.730. The van der Waals surface area contributed by atoms with Gasteiger partial charge in [-0.1, -0.05) is 58.2 Å². The minimum absolute atomic E-state index is 0.475. The summed E-state index contributed by atoms with van der Waals surface area (Å²) < 4.78 is 0. The van der Waals surface area contributed by atoms with Gasteiger partial charge in [-0.05, 0) is 30.5 Å². The van der Waals surface area contributed by atoms with Crippen LogP contribution < -0.4 is 10.2 Å². The number of nitrogens with zero attached hydrogens (tertiary/aromatic N) is 1. The molecule has 0 saturated heterocycles. The number of hydrogen-bond donors (Lipinski definition) is 1. The van der Waals surface area contributed by atoms with E-state index in [0.29, 0.717) is 6.04 Å². The van der Waals surface area contributed by atoms with Gasteiger partial charge >= 0.3 is 0 Å². The molecule has 1 aromatic rings. The van der Waals surface area contributed by atoms with Crippen molar-refractivity contribution in [3.8, 4) is 0 Å². The molecule has 2 nitrogen and oxygen atoms in total. The summed E-state index contributed by atoms with van der Waals surface area (Å²) in [6.07, 6.45) is 2.47. The van der Waals surface area contributed by atoms with Crippen LogP contribution in [-0.2, 0) is 6.54 Å². The van der Waals surface area contributed by atoms with E-state index in [1.54, 1.807) is 0 Å². The minimum atomic E-state index is 0.475. The molecule has 1 rings (SSSR count). The topological polar surface area (TPSA) is 15.3 Å². The summed E-state index contributed by atoms with van der Waals surface area (Å²) in [4.78, 5) is 2.43. The highest BCUT2D eigenvalue weighted by Gasteiger charge is 2.12. The first kappa shape index (κ1) is 18.3. The quantitative estimate of drug-likeness (QED) is 0.682. The zero-order chi connectivity index (χ0) is 15.8. The molecule has 1 N–H and O–H groups in total. The van der Waals surface area contributed by atoms with Gasteiger partial charge in [0.1, 0.15) is 0 Å². The second-order valence-corrected chi connectivity index (χ2v) is 6.44. The fourth-order valence-corrected chi connectivity index (χ4v) is 2.71. The third-order valence-corrected chi connectivity index (χ3v) is 4.47. The molecular formula is C18H31ClN2. The van der Waals surface area contributed by atoms with Crippen molar-refractivity contribution in [2.24, 2.45) is 5.92 Å². The number of halogens is 1. The largest absolute Gasteiger partial charge is 0.371 e. The lowest BCUT2D eigenvalue weighted by atomic mass is 10.0. The van der Waals surface area contributed by atoms with Gasteiger partial charge in [-0.15, -0.1) is 0 Å². The van der Waals surface area contributed by atoms with Crippen LogP contribution in [0.25, 0.3) is 0 Å². The van der Waals surface area contributed by atoms with Crippen LogP contribution in [0.15, 0.2) is 18.2 Å². The molecule has 0 spiro atoms. The Balaban J connectivity index is 2.79. The molecule has 0 aromatic heterocycles. The summed E-state index contributed by atoms with van der Waals surface area (Å²) in [6.45, 7) is 14.0. The van der Waals surface area contributed by atoms with Crippen molar-refractivity contribution >= 4 is 17.3 Å². The van der Waals surface area contributed by atoms with E-state index in [4.69, 9.17) is 11.6 Å². The van der Waals surface area contributed by atoms with Crippen molar-refractivity contribution < 1.29 is 0 Å². The van der Waals surface area contributed by atoms with E-state index < -0.39 is 0 Å². The lowest BCUT2D eigenvalue weighted by molar-refractivity contribution is 0.486. The van der Waals surface area contributed by atoms with Crippen LogP contribution in [0.5, 0.6) is 0 Å². The smallest absolute Gasteiger partial charge is 0.0471 e. The maximum atomic E-state index is 6.45. The number of hydrogen-bond acceptors (Lipinski definition) is 2. The molecule has 0 aliphatic heterocycles. The highest BCUT2D eigenvalue weighted by molar-refractivity contribution is 6.31. The lowest BCUT2D eigenvalue weighted by Crippen LogP contribution is -2.29. The third-order valence-electron chi connectivity index (χ3n) is 4.12. The van der Waals surface area contributed by atoms with Crippen molar-refractivity contribution in [1.82, 2.24) is 5.32 Å². The van der Waals surface area contributed by atoms with Crippen LogP contribution in [0.4, 0.5) is 5.69 Å². The molecule has 120 valence electrons. The average molecular weight is 311 g/mol. The van der Waals surface area contributed by atoms with Gasteiger partial charge in [0.25, 0.3) is 0 Å². The molecule has 0 amide bonds. The van der Waals surface area contributed by atoms with Gasteiger partial charge in [0.15, 0.2) is 0 Å². The minimum Gasteiger partial charge on any atom is -0.371 e. The Kier molecular flexibility index (Phi) is 8.13. The summed E-state index contributed by atoms with van der Waals surface area (Å²) in [5.74, 6) is 0.756. The van der Waals surface area contributed by atoms with Crippen LogP contribution in [0.3, 0.4) is 0 Å². The molecule has 0 aliphatic carbocycles. The Morgan fingerprint density at radius 3 is 2.29 bits per heavy atom. The zero-order valence-electron chi connectivity index (χ0n) is 14.2. The number of anilines is 1. The van der Waals surface area contributed by atoms with Gasteiger partial charge in [-0.2, -0.15) is 0 Å². The Morgan fingerprint density at radius 1 is 1.14 bits per heavy atom. The first-order valence-corrected chi connectivity index (χ1v) is 8.66. The van der Waals surface area contributed by atoms with Crippen molar-refractivity contribution in [2.45, 2.75) is 60.0 Å². The molecule has 0 aliphatic rings. The summed E-state index contributed by atoms with van der Waals surface area (Å²) in [7, 11) is 0. The third kappa shape index (κ3) is 5.88. The molecule has 0 heterocycles. The van der Waals surface area contributed by atoms with Crippen molar-refractivity contribution in [2.75, 3.05) is 18.0 Å². The van der Waals surface area contributed by atoms with Crippen molar-refractivity contribution in [3.63, 3.8) is 0 Å². The predicted molar refractivity (Wildman–Crippen MR) is 95.4 cm³/mol. The van der Waals surface area contributed by atoms with E-state index in [9.17, 15) is 0 Å².